The van der Waals surface area contributed by atoms with E-state index in [-0.39, 0.29) is 0 Å². The summed E-state index contributed by atoms with van der Waals surface area (Å²) in [5, 5.41) is 11.7. The smallest absolute Gasteiger partial charge is 0.152 e. The van der Waals surface area contributed by atoms with Crippen molar-refractivity contribution in [1.29, 1.82) is 0 Å². The van der Waals surface area contributed by atoms with E-state index in [9.17, 15) is 0 Å². The van der Waals surface area contributed by atoms with Gasteiger partial charge in [0.05, 0.1) is 6.54 Å². The molecule has 2 aromatic heterocycles. The van der Waals surface area contributed by atoms with Gasteiger partial charge in [0.15, 0.2) is 5.82 Å². The Bertz CT molecular complexity index is 530. The number of nitrogens with one attached hydrogen (secondary N) is 1. The van der Waals surface area contributed by atoms with Crippen LogP contribution in [0.4, 0.5) is 5.69 Å². The Kier molecular flexibility index (Phi) is 3.60. The van der Waals surface area contributed by atoms with Crippen LogP contribution in [0.1, 0.15) is 37.1 Å². The first kappa shape index (κ1) is 12.5. The molecule has 18 heavy (non-hydrogen) atoms. The number of anilines is 1. The average Bonchev–Trinajstić information content (AvgIpc) is 2.68. The Morgan fingerprint density at radius 2 is 2.11 bits per heavy atom. The van der Waals surface area contributed by atoms with Crippen molar-refractivity contribution in [3.05, 3.63) is 35.7 Å². The molecule has 0 bridgehead atoms. The first-order chi connectivity index (χ1) is 8.58. The summed E-state index contributed by atoms with van der Waals surface area (Å²) in [5.74, 6) is 2.34. The molecule has 0 spiro atoms. The van der Waals surface area contributed by atoms with Gasteiger partial charge in [-0.05, 0) is 19.1 Å². The fraction of sp³-hybridized carbons (Fsp3) is 0.462. The van der Waals surface area contributed by atoms with E-state index in [1.807, 2.05) is 30.7 Å². The van der Waals surface area contributed by atoms with Gasteiger partial charge in [0.1, 0.15) is 5.82 Å². The standard InChI is InChI=1S/C13H19N5/c1-9(2)13-17-16-12(18(13)4)8-15-11-5-6-14-10(3)7-11/h5-7,9H,8H2,1-4H3,(H,14,15). The fourth-order valence-corrected chi connectivity index (χ4v) is 1.87. The Labute approximate surface area is 107 Å². The lowest BCUT2D eigenvalue weighted by molar-refractivity contribution is 0.692. The maximum Gasteiger partial charge on any atom is 0.152 e. The molecule has 0 atom stereocenters. The third-order valence-corrected chi connectivity index (χ3v) is 2.86. The van der Waals surface area contributed by atoms with Crippen molar-refractivity contribution in [3.63, 3.8) is 0 Å². The highest BCUT2D eigenvalue weighted by Gasteiger charge is 2.11. The normalized spacial score (nSPS) is 10.9. The summed E-state index contributed by atoms with van der Waals surface area (Å²) in [6.45, 7) is 6.88. The van der Waals surface area contributed by atoms with Crippen LogP contribution in [-0.4, -0.2) is 19.7 Å². The van der Waals surface area contributed by atoms with Crippen LogP contribution in [0.3, 0.4) is 0 Å². The van der Waals surface area contributed by atoms with E-state index in [2.05, 4.69) is 34.3 Å². The zero-order chi connectivity index (χ0) is 13.1. The van der Waals surface area contributed by atoms with Crippen molar-refractivity contribution in [1.82, 2.24) is 19.7 Å². The second-order valence-electron chi connectivity index (χ2n) is 4.73. The molecule has 0 aliphatic carbocycles. The van der Waals surface area contributed by atoms with E-state index < -0.39 is 0 Å². The highest BCUT2D eigenvalue weighted by Crippen LogP contribution is 2.13. The van der Waals surface area contributed by atoms with E-state index in [0.29, 0.717) is 12.5 Å². The third kappa shape index (κ3) is 2.67. The van der Waals surface area contributed by atoms with Crippen molar-refractivity contribution >= 4 is 5.69 Å². The number of rotatable bonds is 4. The minimum atomic E-state index is 0.388. The van der Waals surface area contributed by atoms with E-state index in [0.717, 1.165) is 23.0 Å². The van der Waals surface area contributed by atoms with Crippen molar-refractivity contribution in [3.8, 4) is 0 Å². The summed E-state index contributed by atoms with van der Waals surface area (Å²) in [5.41, 5.74) is 2.05. The van der Waals surface area contributed by atoms with Gasteiger partial charge < -0.3 is 9.88 Å². The van der Waals surface area contributed by atoms with Crippen LogP contribution in [0.25, 0.3) is 0 Å². The Balaban J connectivity index is 2.07. The zero-order valence-corrected chi connectivity index (χ0v) is 11.3. The summed E-state index contributed by atoms with van der Waals surface area (Å²) >= 11 is 0. The molecule has 2 heterocycles. The van der Waals surface area contributed by atoms with Crippen LogP contribution in [0.15, 0.2) is 18.3 Å². The van der Waals surface area contributed by atoms with Crippen molar-refractivity contribution in [2.24, 2.45) is 7.05 Å². The molecular weight excluding hydrogens is 226 g/mol. The SMILES string of the molecule is Cc1cc(NCc2nnc(C(C)C)n2C)ccn1. The molecule has 0 fully saturated rings. The largest absolute Gasteiger partial charge is 0.378 e. The predicted octanol–water partition coefficient (Wildman–Crippen LogP) is 2.25. The predicted molar refractivity (Wildman–Crippen MR) is 71.4 cm³/mol. The molecular formula is C13H19N5. The lowest BCUT2D eigenvalue weighted by Gasteiger charge is -2.08. The van der Waals surface area contributed by atoms with Crippen LogP contribution < -0.4 is 5.32 Å². The van der Waals surface area contributed by atoms with Gasteiger partial charge in [-0.2, -0.15) is 0 Å². The molecule has 0 aliphatic rings. The van der Waals surface area contributed by atoms with Crippen molar-refractivity contribution in [2.45, 2.75) is 33.2 Å². The quantitative estimate of drug-likeness (QED) is 0.897. The lowest BCUT2D eigenvalue weighted by atomic mass is 10.2. The van der Waals surface area contributed by atoms with E-state index in [4.69, 9.17) is 0 Å². The number of hydrogen-bond donors (Lipinski definition) is 1. The Morgan fingerprint density at radius 1 is 1.33 bits per heavy atom. The lowest BCUT2D eigenvalue weighted by Crippen LogP contribution is -2.08. The molecule has 5 nitrogen and oxygen atoms in total. The summed E-state index contributed by atoms with van der Waals surface area (Å²) in [4.78, 5) is 4.17. The monoisotopic (exact) mass is 245 g/mol. The molecule has 5 heteroatoms. The number of aromatic nitrogens is 4. The topological polar surface area (TPSA) is 55.6 Å². The molecule has 0 aromatic carbocycles. The second kappa shape index (κ2) is 5.16. The summed E-state index contributed by atoms with van der Waals surface area (Å²) in [6.07, 6.45) is 1.80. The number of pyridine rings is 1. The Morgan fingerprint density at radius 3 is 2.72 bits per heavy atom. The highest BCUT2D eigenvalue weighted by atomic mass is 15.3. The maximum absolute atomic E-state index is 4.21. The van der Waals surface area contributed by atoms with Gasteiger partial charge in [-0.3, -0.25) is 4.98 Å². The zero-order valence-electron chi connectivity index (χ0n) is 11.3. The average molecular weight is 245 g/mol. The molecule has 1 N–H and O–H groups in total. The molecule has 2 aromatic rings. The second-order valence-corrected chi connectivity index (χ2v) is 4.73. The van der Waals surface area contributed by atoms with Gasteiger partial charge >= 0.3 is 0 Å². The summed E-state index contributed by atoms with van der Waals surface area (Å²) in [7, 11) is 2.00. The summed E-state index contributed by atoms with van der Waals surface area (Å²) < 4.78 is 2.05. The molecule has 2 rings (SSSR count). The first-order valence-corrected chi connectivity index (χ1v) is 6.12. The Hall–Kier alpha value is -1.91. The molecule has 0 saturated heterocycles. The molecule has 0 amide bonds. The molecule has 0 unspecified atom stereocenters. The molecule has 96 valence electrons. The van der Waals surface area contributed by atoms with Crippen LogP contribution in [-0.2, 0) is 13.6 Å². The minimum Gasteiger partial charge on any atom is -0.378 e. The van der Waals surface area contributed by atoms with Gasteiger partial charge in [-0.15, -0.1) is 10.2 Å². The van der Waals surface area contributed by atoms with Gasteiger partial charge in [0.25, 0.3) is 0 Å². The number of nitrogens with zero attached hydrogens (tertiary/aromatic N) is 4. The molecule has 0 saturated carbocycles. The van der Waals surface area contributed by atoms with Crippen molar-refractivity contribution in [2.75, 3.05) is 5.32 Å². The highest BCUT2D eigenvalue weighted by molar-refractivity contribution is 5.42. The number of aryl methyl sites for hydroxylation is 1. The van der Waals surface area contributed by atoms with E-state index >= 15 is 0 Å². The van der Waals surface area contributed by atoms with Gasteiger partial charge in [-0.25, -0.2) is 0 Å². The van der Waals surface area contributed by atoms with Crippen LogP contribution in [0.5, 0.6) is 0 Å². The van der Waals surface area contributed by atoms with Crippen LogP contribution >= 0.6 is 0 Å². The van der Waals surface area contributed by atoms with E-state index in [1.54, 1.807) is 6.20 Å². The fourth-order valence-electron chi connectivity index (χ4n) is 1.87. The number of hydrogen-bond acceptors (Lipinski definition) is 4. The maximum atomic E-state index is 4.21. The van der Waals surface area contributed by atoms with Crippen LogP contribution in [0, 0.1) is 6.92 Å². The van der Waals surface area contributed by atoms with Gasteiger partial charge in [0.2, 0.25) is 0 Å². The minimum absolute atomic E-state index is 0.388. The van der Waals surface area contributed by atoms with Crippen LogP contribution in [0.2, 0.25) is 0 Å². The molecule has 0 radical (unpaired) electrons. The van der Waals surface area contributed by atoms with E-state index in [1.165, 1.54) is 0 Å². The first-order valence-electron chi connectivity index (χ1n) is 6.12. The third-order valence-electron chi connectivity index (χ3n) is 2.86. The van der Waals surface area contributed by atoms with Gasteiger partial charge in [0, 0.05) is 30.5 Å². The summed E-state index contributed by atoms with van der Waals surface area (Å²) in [6, 6.07) is 3.96. The van der Waals surface area contributed by atoms with Crippen molar-refractivity contribution < 1.29 is 0 Å². The molecule has 0 aliphatic heterocycles. The van der Waals surface area contributed by atoms with Gasteiger partial charge in [-0.1, -0.05) is 13.8 Å².